The Balaban J connectivity index is 1.61. The molecule has 2 heterocycles. The predicted molar refractivity (Wildman–Crippen MR) is 147 cm³/mol. The number of aryl methyl sites for hydroxylation is 1. The minimum absolute atomic E-state index is 0.0640. The number of halogens is 2. The number of phenols is 1. The molecule has 8 heteroatoms. The molecule has 0 spiro atoms. The average Bonchev–Trinajstić information content (AvgIpc) is 3.19. The first-order valence-electron chi connectivity index (χ1n) is 11.4. The first kappa shape index (κ1) is 23.2. The molecule has 180 valence electrons. The zero-order valence-corrected chi connectivity index (χ0v) is 22.1. The molecule has 1 aromatic heterocycles. The monoisotopic (exact) mass is 610 g/mol. The molecule has 4 aromatic rings. The number of methoxy groups -OCH3 is 1. The van der Waals surface area contributed by atoms with Gasteiger partial charge in [0.1, 0.15) is 5.82 Å². The highest BCUT2D eigenvalue weighted by atomic mass is 127. The van der Waals surface area contributed by atoms with Crippen molar-refractivity contribution in [2.45, 2.75) is 18.9 Å². The van der Waals surface area contributed by atoms with Crippen LogP contribution in [0.25, 0.3) is 11.8 Å². The topological polar surface area (TPSA) is 63.8 Å². The molecule has 0 radical (unpaired) electrons. The Labute approximate surface area is 223 Å². The van der Waals surface area contributed by atoms with E-state index in [1.54, 1.807) is 28.8 Å². The van der Waals surface area contributed by atoms with Crippen molar-refractivity contribution in [1.82, 2.24) is 4.57 Å². The summed E-state index contributed by atoms with van der Waals surface area (Å²) in [6, 6.07) is 17.7. The molecule has 3 aromatic carbocycles. The van der Waals surface area contributed by atoms with Crippen molar-refractivity contribution in [3.05, 3.63) is 118 Å². The van der Waals surface area contributed by atoms with Gasteiger partial charge in [-0.2, -0.15) is 0 Å². The molecule has 1 N–H and O–H groups in total. The second kappa shape index (κ2) is 9.01. The van der Waals surface area contributed by atoms with E-state index in [2.05, 4.69) is 12.1 Å². The minimum Gasteiger partial charge on any atom is -0.504 e. The first-order chi connectivity index (χ1) is 17.4. The molecule has 5 nitrogen and oxygen atoms in total. The zero-order chi connectivity index (χ0) is 25.0. The summed E-state index contributed by atoms with van der Waals surface area (Å²) in [6.45, 7) is 0. The van der Waals surface area contributed by atoms with Crippen LogP contribution in [0.3, 0.4) is 0 Å². The highest BCUT2D eigenvalue weighted by Gasteiger charge is 2.32. The van der Waals surface area contributed by atoms with E-state index in [-0.39, 0.29) is 17.1 Å². The molecule has 2 aliphatic rings. The lowest BCUT2D eigenvalue weighted by atomic mass is 9.83. The Morgan fingerprint density at radius 2 is 2.00 bits per heavy atom. The highest BCUT2D eigenvalue weighted by Crippen LogP contribution is 2.41. The van der Waals surface area contributed by atoms with E-state index in [0.717, 1.165) is 40.8 Å². The Morgan fingerprint density at radius 3 is 2.81 bits per heavy atom. The smallest absolute Gasteiger partial charge is 0.271 e. The molecule has 36 heavy (non-hydrogen) atoms. The third-order valence-corrected chi connectivity index (χ3v) is 8.41. The summed E-state index contributed by atoms with van der Waals surface area (Å²) in [5.41, 5.74) is 5.47. The van der Waals surface area contributed by atoms with Crippen LogP contribution in [0.1, 0.15) is 34.7 Å². The van der Waals surface area contributed by atoms with E-state index in [0.29, 0.717) is 18.7 Å². The third-order valence-electron chi connectivity index (χ3n) is 6.61. The number of hydrogen-bond donors (Lipinski definition) is 1. The third kappa shape index (κ3) is 3.79. The van der Waals surface area contributed by atoms with Crippen LogP contribution in [0.4, 0.5) is 4.39 Å². The number of benzene rings is 3. The SMILES string of the molecule is COc1cc(/C=c2/sc3n(c2=O)C(c2cccc(F)c2)C2=C(N=3)c3ccccc3CC2)cc(I)c1O. The maximum atomic E-state index is 14.3. The van der Waals surface area contributed by atoms with Gasteiger partial charge in [0.05, 0.1) is 27.0 Å². The second-order valence-corrected chi connectivity index (χ2v) is 10.9. The maximum Gasteiger partial charge on any atom is 0.271 e. The van der Waals surface area contributed by atoms with Crippen LogP contribution in [-0.4, -0.2) is 16.8 Å². The van der Waals surface area contributed by atoms with Gasteiger partial charge in [0, 0.05) is 5.56 Å². The zero-order valence-electron chi connectivity index (χ0n) is 19.2. The fraction of sp³-hybridized carbons (Fsp3) is 0.143. The van der Waals surface area contributed by atoms with Crippen LogP contribution < -0.4 is 19.6 Å². The van der Waals surface area contributed by atoms with Gasteiger partial charge in [-0.15, -0.1) is 0 Å². The van der Waals surface area contributed by atoms with Crippen LogP contribution >= 0.6 is 33.9 Å². The quantitative estimate of drug-likeness (QED) is 0.340. The van der Waals surface area contributed by atoms with E-state index in [9.17, 15) is 14.3 Å². The molecular weight excluding hydrogens is 590 g/mol. The summed E-state index contributed by atoms with van der Waals surface area (Å²) in [5.74, 6) is 0.0653. The molecule has 0 amide bonds. The fourth-order valence-electron chi connectivity index (χ4n) is 4.98. The Bertz CT molecular complexity index is 1760. The molecule has 1 aliphatic heterocycles. The molecule has 0 fully saturated rings. The van der Waals surface area contributed by atoms with Crippen LogP contribution in [-0.2, 0) is 6.42 Å². The first-order valence-corrected chi connectivity index (χ1v) is 13.3. The van der Waals surface area contributed by atoms with E-state index < -0.39 is 6.04 Å². The Kier molecular flexibility index (Phi) is 5.80. The van der Waals surface area contributed by atoms with Crippen LogP contribution in [0, 0.1) is 9.39 Å². The summed E-state index contributed by atoms with van der Waals surface area (Å²) in [5, 5.41) is 10.2. The van der Waals surface area contributed by atoms with Crippen molar-refractivity contribution < 1.29 is 14.2 Å². The Hall–Kier alpha value is -3.24. The molecule has 0 bridgehead atoms. The van der Waals surface area contributed by atoms with Crippen LogP contribution in [0.2, 0.25) is 0 Å². The number of thiazole rings is 1. The van der Waals surface area contributed by atoms with Gasteiger partial charge in [0.2, 0.25) is 0 Å². The number of hydrogen-bond acceptors (Lipinski definition) is 5. The van der Waals surface area contributed by atoms with Crippen molar-refractivity contribution in [3.8, 4) is 11.5 Å². The molecular formula is C28H20FIN2O3S. The number of aromatic nitrogens is 1. The highest BCUT2D eigenvalue weighted by molar-refractivity contribution is 14.1. The number of phenolic OH excluding ortho intramolecular Hbond substituents is 1. The molecule has 1 atom stereocenters. The minimum atomic E-state index is -0.433. The van der Waals surface area contributed by atoms with Gasteiger partial charge >= 0.3 is 0 Å². The summed E-state index contributed by atoms with van der Waals surface area (Å²) < 4.78 is 22.4. The fourth-order valence-corrected chi connectivity index (χ4v) is 6.61. The molecule has 6 rings (SSSR count). The van der Waals surface area contributed by atoms with Gasteiger partial charge in [-0.25, -0.2) is 9.38 Å². The van der Waals surface area contributed by atoms with Crippen molar-refractivity contribution in [3.63, 3.8) is 0 Å². The van der Waals surface area contributed by atoms with Crippen molar-refractivity contribution in [1.29, 1.82) is 0 Å². The van der Waals surface area contributed by atoms with E-state index in [1.807, 2.05) is 40.8 Å². The number of allylic oxidation sites excluding steroid dienone is 1. The van der Waals surface area contributed by atoms with Gasteiger partial charge in [0.15, 0.2) is 16.3 Å². The predicted octanol–water partition coefficient (Wildman–Crippen LogP) is 4.78. The number of fused-ring (bicyclic) bond motifs is 3. The lowest BCUT2D eigenvalue weighted by Gasteiger charge is -2.30. The van der Waals surface area contributed by atoms with Gasteiger partial charge in [-0.1, -0.05) is 47.7 Å². The van der Waals surface area contributed by atoms with E-state index >= 15 is 0 Å². The standard InChI is InChI=1S/C28H20FIN2O3S/c1-35-22-12-15(11-21(30)26(22)33)13-23-27(34)32-25(17-6-4-7-18(29)14-17)20-10-9-16-5-2-3-8-19(16)24(20)31-28(32)36-23/h2-8,11-14,25,33H,9-10H2,1H3/b23-13+. The number of nitrogens with zero attached hydrogens (tertiary/aromatic N) is 2. The largest absolute Gasteiger partial charge is 0.504 e. The van der Waals surface area contributed by atoms with Crippen molar-refractivity contribution in [2.24, 2.45) is 4.99 Å². The lowest BCUT2D eigenvalue weighted by molar-refractivity contribution is 0.371. The number of ether oxygens (including phenoxy) is 1. The summed E-state index contributed by atoms with van der Waals surface area (Å²) in [7, 11) is 1.49. The molecule has 0 saturated carbocycles. The maximum absolute atomic E-state index is 14.3. The second-order valence-electron chi connectivity index (χ2n) is 8.72. The summed E-state index contributed by atoms with van der Waals surface area (Å²) >= 11 is 3.34. The summed E-state index contributed by atoms with van der Waals surface area (Å²) in [4.78, 5) is 19.4. The average molecular weight is 610 g/mol. The van der Waals surface area contributed by atoms with Gasteiger partial charge in [-0.3, -0.25) is 9.36 Å². The molecule has 1 unspecified atom stereocenters. The van der Waals surface area contributed by atoms with Gasteiger partial charge in [-0.05, 0) is 88.0 Å². The number of aromatic hydroxyl groups is 1. The van der Waals surface area contributed by atoms with Crippen LogP contribution in [0.15, 0.2) is 76.0 Å². The van der Waals surface area contributed by atoms with Crippen molar-refractivity contribution >= 4 is 45.7 Å². The summed E-state index contributed by atoms with van der Waals surface area (Å²) in [6.07, 6.45) is 3.37. The van der Waals surface area contributed by atoms with E-state index in [1.165, 1.54) is 36.1 Å². The molecule has 1 aliphatic carbocycles. The van der Waals surface area contributed by atoms with Gasteiger partial charge < -0.3 is 9.84 Å². The van der Waals surface area contributed by atoms with Crippen molar-refractivity contribution in [2.75, 3.05) is 7.11 Å². The van der Waals surface area contributed by atoms with Gasteiger partial charge in [0.25, 0.3) is 5.56 Å². The normalized spacial score (nSPS) is 16.8. The lowest BCUT2D eigenvalue weighted by Crippen LogP contribution is -2.38. The number of rotatable bonds is 3. The molecule has 0 saturated heterocycles. The van der Waals surface area contributed by atoms with E-state index in [4.69, 9.17) is 9.73 Å². The van der Waals surface area contributed by atoms with Crippen LogP contribution in [0.5, 0.6) is 11.5 Å². The Morgan fingerprint density at radius 1 is 1.17 bits per heavy atom.